The maximum atomic E-state index is 13.1. The Morgan fingerprint density at radius 2 is 1.00 bits per heavy atom. The van der Waals surface area contributed by atoms with Gasteiger partial charge in [0.2, 0.25) is 0 Å². The SMILES string of the molecule is CCCCOc1ccc(C(=O)Nc2cc3ccccc3cc2NC(=O)c2ccc(OCCCC)cc2)cc1. The average molecular weight is 511 g/mol. The quantitative estimate of drug-likeness (QED) is 0.191. The molecule has 4 aromatic carbocycles. The van der Waals surface area contributed by atoms with Crippen molar-refractivity contribution in [2.75, 3.05) is 23.8 Å². The fraction of sp³-hybridized carbons (Fsp3) is 0.250. The number of hydrogen-bond donors (Lipinski definition) is 2. The first-order valence-corrected chi connectivity index (χ1v) is 13.2. The molecule has 0 aliphatic rings. The van der Waals surface area contributed by atoms with Crippen LogP contribution < -0.4 is 20.1 Å². The van der Waals surface area contributed by atoms with Crippen LogP contribution in [-0.4, -0.2) is 25.0 Å². The molecule has 0 aliphatic carbocycles. The second-order valence-electron chi connectivity index (χ2n) is 9.11. The Morgan fingerprint density at radius 3 is 1.37 bits per heavy atom. The van der Waals surface area contributed by atoms with Gasteiger partial charge in [-0.15, -0.1) is 0 Å². The minimum Gasteiger partial charge on any atom is -0.494 e. The van der Waals surface area contributed by atoms with Crippen LogP contribution in [-0.2, 0) is 0 Å². The first-order chi connectivity index (χ1) is 18.6. The van der Waals surface area contributed by atoms with Crippen molar-refractivity contribution in [3.63, 3.8) is 0 Å². The second kappa shape index (κ2) is 13.3. The van der Waals surface area contributed by atoms with Gasteiger partial charge < -0.3 is 20.1 Å². The number of fused-ring (bicyclic) bond motifs is 1. The van der Waals surface area contributed by atoms with E-state index in [0.717, 1.165) is 48.0 Å². The molecule has 0 radical (unpaired) electrons. The number of carbonyl (C=O) groups is 2. The summed E-state index contributed by atoms with van der Waals surface area (Å²) >= 11 is 0. The van der Waals surface area contributed by atoms with Crippen molar-refractivity contribution < 1.29 is 19.1 Å². The standard InChI is InChI=1S/C32H34N2O4/c1-3-5-19-37-27-15-11-23(12-16-27)31(35)33-29-21-25-9-7-8-10-26(25)22-30(29)34-32(36)24-13-17-28(18-14-24)38-20-6-4-2/h7-18,21-22H,3-6,19-20H2,1-2H3,(H,33,35)(H,34,36). The molecule has 0 saturated heterocycles. The Bertz CT molecular complexity index is 1260. The summed E-state index contributed by atoms with van der Waals surface area (Å²) < 4.78 is 11.4. The van der Waals surface area contributed by atoms with Crippen molar-refractivity contribution in [2.24, 2.45) is 0 Å². The van der Waals surface area contributed by atoms with Gasteiger partial charge in [0.15, 0.2) is 0 Å². The molecule has 0 aromatic heterocycles. The van der Waals surface area contributed by atoms with Crippen LogP contribution in [0.4, 0.5) is 11.4 Å². The molecule has 2 N–H and O–H groups in total. The molecule has 0 spiro atoms. The smallest absolute Gasteiger partial charge is 0.255 e. The Balaban J connectivity index is 1.51. The third-order valence-electron chi connectivity index (χ3n) is 6.15. The van der Waals surface area contributed by atoms with E-state index in [2.05, 4.69) is 24.5 Å². The Hall–Kier alpha value is -4.32. The molecular formula is C32H34N2O4. The molecule has 4 rings (SSSR count). The van der Waals surface area contributed by atoms with Gasteiger partial charge in [-0.05, 0) is 84.3 Å². The van der Waals surface area contributed by atoms with Crippen molar-refractivity contribution in [3.05, 3.63) is 96.1 Å². The van der Waals surface area contributed by atoms with E-state index in [1.807, 2.05) is 36.4 Å². The summed E-state index contributed by atoms with van der Waals surface area (Å²) in [4.78, 5) is 26.2. The molecule has 38 heavy (non-hydrogen) atoms. The van der Waals surface area contributed by atoms with Crippen LogP contribution in [0.15, 0.2) is 84.9 Å². The fourth-order valence-electron chi connectivity index (χ4n) is 3.91. The Labute approximate surface area is 224 Å². The van der Waals surface area contributed by atoms with E-state index < -0.39 is 0 Å². The van der Waals surface area contributed by atoms with Crippen molar-refractivity contribution in [1.29, 1.82) is 0 Å². The van der Waals surface area contributed by atoms with Gasteiger partial charge in [0.25, 0.3) is 11.8 Å². The van der Waals surface area contributed by atoms with Crippen LogP contribution in [0.25, 0.3) is 10.8 Å². The maximum Gasteiger partial charge on any atom is 0.255 e. The van der Waals surface area contributed by atoms with Crippen LogP contribution in [0.3, 0.4) is 0 Å². The van der Waals surface area contributed by atoms with E-state index in [1.54, 1.807) is 48.5 Å². The van der Waals surface area contributed by atoms with Gasteiger partial charge in [0.1, 0.15) is 11.5 Å². The lowest BCUT2D eigenvalue weighted by atomic mass is 10.1. The Kier molecular flexibility index (Phi) is 9.35. The van der Waals surface area contributed by atoms with E-state index in [1.165, 1.54) is 0 Å². The summed E-state index contributed by atoms with van der Waals surface area (Å²) in [5.41, 5.74) is 2.03. The van der Waals surface area contributed by atoms with E-state index in [9.17, 15) is 9.59 Å². The molecule has 0 heterocycles. The summed E-state index contributed by atoms with van der Waals surface area (Å²) in [7, 11) is 0. The molecule has 2 amide bonds. The minimum absolute atomic E-state index is 0.274. The second-order valence-corrected chi connectivity index (χ2v) is 9.11. The highest BCUT2D eigenvalue weighted by molar-refractivity contribution is 6.12. The molecule has 0 aliphatic heterocycles. The number of amides is 2. The molecule has 0 fully saturated rings. The number of unbranched alkanes of at least 4 members (excludes halogenated alkanes) is 2. The summed E-state index contributed by atoms with van der Waals surface area (Å²) in [5, 5.41) is 7.85. The number of anilines is 2. The normalized spacial score (nSPS) is 10.7. The zero-order chi connectivity index (χ0) is 26.7. The molecular weight excluding hydrogens is 476 g/mol. The molecule has 0 unspecified atom stereocenters. The van der Waals surface area contributed by atoms with Crippen LogP contribution in [0.1, 0.15) is 60.2 Å². The molecule has 4 aromatic rings. The highest BCUT2D eigenvalue weighted by Gasteiger charge is 2.14. The Morgan fingerprint density at radius 1 is 0.605 bits per heavy atom. The van der Waals surface area contributed by atoms with E-state index in [0.29, 0.717) is 35.7 Å². The number of carbonyl (C=O) groups excluding carboxylic acids is 2. The van der Waals surface area contributed by atoms with Gasteiger partial charge in [-0.25, -0.2) is 0 Å². The number of nitrogens with one attached hydrogen (secondary N) is 2. The van der Waals surface area contributed by atoms with Crippen molar-refractivity contribution in [3.8, 4) is 11.5 Å². The number of benzene rings is 4. The fourth-order valence-corrected chi connectivity index (χ4v) is 3.91. The minimum atomic E-state index is -0.274. The molecule has 0 bridgehead atoms. The average Bonchev–Trinajstić information content (AvgIpc) is 2.94. The lowest BCUT2D eigenvalue weighted by Crippen LogP contribution is -2.17. The monoisotopic (exact) mass is 510 g/mol. The topological polar surface area (TPSA) is 76.7 Å². The first kappa shape index (κ1) is 26.7. The van der Waals surface area contributed by atoms with Crippen LogP contribution in [0.5, 0.6) is 11.5 Å². The van der Waals surface area contributed by atoms with Gasteiger partial charge in [-0.2, -0.15) is 0 Å². The van der Waals surface area contributed by atoms with Crippen LogP contribution in [0, 0.1) is 0 Å². The molecule has 0 saturated carbocycles. The summed E-state index contributed by atoms with van der Waals surface area (Å²) in [5.74, 6) is 0.916. The van der Waals surface area contributed by atoms with Crippen LogP contribution >= 0.6 is 0 Å². The number of rotatable bonds is 12. The predicted molar refractivity (Wildman–Crippen MR) is 154 cm³/mol. The summed E-state index contributed by atoms with van der Waals surface area (Å²) in [6.45, 7) is 5.52. The number of ether oxygens (including phenoxy) is 2. The van der Waals surface area contributed by atoms with Crippen LogP contribution in [0.2, 0.25) is 0 Å². The molecule has 196 valence electrons. The largest absolute Gasteiger partial charge is 0.494 e. The number of hydrogen-bond acceptors (Lipinski definition) is 4. The van der Waals surface area contributed by atoms with Crippen molar-refractivity contribution in [1.82, 2.24) is 0 Å². The third kappa shape index (κ3) is 7.13. The lowest BCUT2D eigenvalue weighted by molar-refractivity contribution is 0.101. The van der Waals surface area contributed by atoms with Gasteiger partial charge in [0.05, 0.1) is 24.6 Å². The summed E-state index contributed by atoms with van der Waals surface area (Å²) in [6.07, 6.45) is 4.08. The highest BCUT2D eigenvalue weighted by atomic mass is 16.5. The molecule has 6 heteroatoms. The molecule has 6 nitrogen and oxygen atoms in total. The molecule has 0 atom stereocenters. The first-order valence-electron chi connectivity index (χ1n) is 13.2. The van der Waals surface area contributed by atoms with Gasteiger partial charge in [0, 0.05) is 11.1 Å². The van der Waals surface area contributed by atoms with Crippen molar-refractivity contribution >= 4 is 34.0 Å². The lowest BCUT2D eigenvalue weighted by Gasteiger charge is -2.15. The van der Waals surface area contributed by atoms with Gasteiger partial charge in [-0.3, -0.25) is 9.59 Å². The van der Waals surface area contributed by atoms with E-state index >= 15 is 0 Å². The van der Waals surface area contributed by atoms with Gasteiger partial charge >= 0.3 is 0 Å². The van der Waals surface area contributed by atoms with Gasteiger partial charge in [-0.1, -0.05) is 51.0 Å². The zero-order valence-corrected chi connectivity index (χ0v) is 22.0. The van der Waals surface area contributed by atoms with E-state index in [4.69, 9.17) is 9.47 Å². The van der Waals surface area contributed by atoms with Crippen molar-refractivity contribution in [2.45, 2.75) is 39.5 Å². The third-order valence-corrected chi connectivity index (χ3v) is 6.15. The predicted octanol–water partition coefficient (Wildman–Crippen LogP) is 7.70. The summed E-state index contributed by atoms with van der Waals surface area (Å²) in [6, 6.07) is 25.7. The maximum absolute atomic E-state index is 13.1. The van der Waals surface area contributed by atoms with E-state index in [-0.39, 0.29) is 11.8 Å². The zero-order valence-electron chi connectivity index (χ0n) is 22.0. The highest BCUT2D eigenvalue weighted by Crippen LogP contribution is 2.30.